The molecule has 13 heteroatoms. The third kappa shape index (κ3) is 19.7. The van der Waals surface area contributed by atoms with Crippen molar-refractivity contribution < 1.29 is 38.6 Å². The van der Waals surface area contributed by atoms with Crippen LogP contribution in [-0.2, 0) is 39.9 Å². The first kappa shape index (κ1) is 53.5. The number of rotatable bonds is 20. The zero-order chi connectivity index (χ0) is 42.7. The fraction of sp³-hybridized carbons (Fsp3) is 0.690. The molecule has 1 fully saturated rings. The van der Waals surface area contributed by atoms with Crippen molar-refractivity contribution in [3.8, 4) is 0 Å². The van der Waals surface area contributed by atoms with E-state index >= 15 is 0 Å². The van der Waals surface area contributed by atoms with Crippen LogP contribution in [0.3, 0.4) is 0 Å². The van der Waals surface area contributed by atoms with Gasteiger partial charge in [-0.15, -0.1) is 0 Å². The molecular weight excluding hydrogens is 702 g/mol. The third-order valence-corrected chi connectivity index (χ3v) is 9.20. The first-order valence-electron chi connectivity index (χ1n) is 19.7. The van der Waals surface area contributed by atoms with Gasteiger partial charge in [-0.05, 0) is 38.4 Å². The highest BCUT2D eigenvalue weighted by Crippen LogP contribution is 2.27. The number of hydrogen-bond acceptors (Lipinski definition) is 9. The number of benzene rings is 1. The summed E-state index contributed by atoms with van der Waals surface area (Å²) in [5, 5.41) is 17.8. The van der Waals surface area contributed by atoms with E-state index in [0.717, 1.165) is 43.2 Å². The Labute approximate surface area is 332 Å². The monoisotopic (exact) mass is 778 g/mol. The van der Waals surface area contributed by atoms with E-state index in [4.69, 9.17) is 9.47 Å². The zero-order valence-electron chi connectivity index (χ0n) is 36.1. The van der Waals surface area contributed by atoms with Gasteiger partial charge in [0.05, 0.1) is 36.8 Å². The van der Waals surface area contributed by atoms with Crippen molar-refractivity contribution >= 4 is 30.0 Å². The van der Waals surface area contributed by atoms with Crippen molar-refractivity contribution in [1.82, 2.24) is 25.8 Å². The van der Waals surface area contributed by atoms with E-state index in [9.17, 15) is 29.1 Å². The van der Waals surface area contributed by atoms with Gasteiger partial charge < -0.3 is 40.2 Å². The Morgan fingerprint density at radius 3 is 2.04 bits per heavy atom. The normalized spacial score (nSPS) is 16.9. The number of likely N-dealkylation sites (N-methyl/N-ethyl adjacent to an activating group) is 3. The molecule has 13 nitrogen and oxygen atoms in total. The van der Waals surface area contributed by atoms with Crippen LogP contribution in [0.25, 0.3) is 0 Å². The minimum atomic E-state index is -1.05. The molecule has 55 heavy (non-hydrogen) atoms. The molecule has 4 N–H and O–H groups in total. The van der Waals surface area contributed by atoms with E-state index < -0.39 is 17.9 Å². The predicted molar refractivity (Wildman–Crippen MR) is 221 cm³/mol. The Kier molecular flexibility index (Phi) is 29.7. The molecule has 1 aromatic carbocycles. The van der Waals surface area contributed by atoms with Gasteiger partial charge in [0, 0.05) is 46.7 Å². The number of carboxylic acids is 1. The molecule has 3 amide bonds. The highest BCUT2D eigenvalue weighted by atomic mass is 16.5. The molecule has 316 valence electrons. The van der Waals surface area contributed by atoms with Crippen molar-refractivity contribution in [1.29, 1.82) is 0 Å². The number of carbonyl (C=O) groups excluding carboxylic acids is 4. The van der Waals surface area contributed by atoms with Crippen LogP contribution >= 0.6 is 0 Å². The van der Waals surface area contributed by atoms with Crippen LogP contribution in [0.2, 0.25) is 0 Å². The number of carboxylic acid groups (broad SMARTS) is 1. The Morgan fingerprint density at radius 2 is 1.62 bits per heavy atom. The second-order valence-electron chi connectivity index (χ2n) is 14.0. The van der Waals surface area contributed by atoms with E-state index in [-0.39, 0.29) is 73.4 Å². The van der Waals surface area contributed by atoms with Crippen molar-refractivity contribution in [2.75, 3.05) is 48.5 Å². The maximum Gasteiger partial charge on any atom is 0.326 e. The van der Waals surface area contributed by atoms with Gasteiger partial charge in [0.2, 0.25) is 17.7 Å². The molecule has 1 aromatic rings. The summed E-state index contributed by atoms with van der Waals surface area (Å²) in [6.07, 6.45) is 4.23. The van der Waals surface area contributed by atoms with Crippen molar-refractivity contribution in [2.45, 2.75) is 130 Å². The number of aldehydes is 1. The molecule has 7 atom stereocenters. The molecule has 1 heterocycles. The highest BCUT2D eigenvalue weighted by Gasteiger charge is 2.38. The smallest absolute Gasteiger partial charge is 0.326 e. The summed E-state index contributed by atoms with van der Waals surface area (Å²) in [5.74, 6) is -2.11. The van der Waals surface area contributed by atoms with E-state index in [1.54, 1.807) is 33.0 Å². The molecule has 0 aromatic heterocycles. The van der Waals surface area contributed by atoms with Gasteiger partial charge in [-0.1, -0.05) is 111 Å². The number of amides is 3. The molecule has 0 saturated carbocycles. The average molecular weight is 778 g/mol. The molecule has 7 unspecified atom stereocenters. The third-order valence-electron chi connectivity index (χ3n) is 9.20. The lowest BCUT2D eigenvalue weighted by molar-refractivity contribution is -0.143. The highest BCUT2D eigenvalue weighted by molar-refractivity contribution is 5.87. The molecule has 1 aliphatic rings. The molecule has 0 bridgehead atoms. The summed E-state index contributed by atoms with van der Waals surface area (Å²) in [6, 6.07) is 7.83. The molecule has 2 rings (SSSR count). The lowest BCUT2D eigenvalue weighted by Gasteiger charge is -2.33. The van der Waals surface area contributed by atoms with Crippen LogP contribution in [0.15, 0.2) is 42.5 Å². The maximum atomic E-state index is 12.7. The van der Waals surface area contributed by atoms with Gasteiger partial charge >= 0.3 is 5.97 Å². The Balaban J connectivity index is 0. The number of aliphatic carboxylic acids is 1. The lowest BCUT2D eigenvalue weighted by Crippen LogP contribution is -2.51. The molecular formula is C42H75N5O8. The predicted octanol–water partition coefficient (Wildman–Crippen LogP) is 4.73. The summed E-state index contributed by atoms with van der Waals surface area (Å²) in [7, 11) is 8.51. The summed E-state index contributed by atoms with van der Waals surface area (Å²) < 4.78 is 11.0. The quantitative estimate of drug-likeness (QED) is 0.107. The number of ether oxygens (including phenoxy) is 2. The maximum absolute atomic E-state index is 12.7. The fourth-order valence-corrected chi connectivity index (χ4v) is 6.33. The SMILES string of the molecule is C=C1CC(C(OC)C(C)C(=O)NC(Cc2ccccc2)C(=O)O)N(C)C1.CC.CCC.CCCC(C(CC=O)OC)N(C)C(=O)CNC(=O)C(NC)C(C)C. The summed E-state index contributed by atoms with van der Waals surface area (Å²) >= 11 is 0. The minimum Gasteiger partial charge on any atom is -0.480 e. The van der Waals surface area contributed by atoms with E-state index in [1.165, 1.54) is 13.5 Å². The first-order chi connectivity index (χ1) is 26.1. The van der Waals surface area contributed by atoms with E-state index in [0.29, 0.717) is 0 Å². The molecule has 1 saturated heterocycles. The summed E-state index contributed by atoms with van der Waals surface area (Å²) in [6.45, 7) is 20.7. The largest absolute Gasteiger partial charge is 0.480 e. The van der Waals surface area contributed by atoms with Gasteiger partial charge in [-0.3, -0.25) is 19.3 Å². The van der Waals surface area contributed by atoms with Gasteiger partial charge in [-0.25, -0.2) is 4.79 Å². The van der Waals surface area contributed by atoms with Gasteiger partial charge in [0.25, 0.3) is 0 Å². The van der Waals surface area contributed by atoms with Crippen LogP contribution in [0.4, 0.5) is 0 Å². The Bertz CT molecular complexity index is 1250. The fourth-order valence-electron chi connectivity index (χ4n) is 6.33. The zero-order valence-corrected chi connectivity index (χ0v) is 36.1. The first-order valence-corrected chi connectivity index (χ1v) is 19.7. The Morgan fingerprint density at radius 1 is 1.04 bits per heavy atom. The number of methoxy groups -OCH3 is 2. The van der Waals surface area contributed by atoms with Gasteiger partial charge in [0.15, 0.2) is 0 Å². The van der Waals surface area contributed by atoms with Gasteiger partial charge in [-0.2, -0.15) is 0 Å². The molecule has 0 spiro atoms. The lowest BCUT2D eigenvalue weighted by atomic mass is 9.94. The van der Waals surface area contributed by atoms with Crippen molar-refractivity contribution in [3.63, 3.8) is 0 Å². The molecule has 0 radical (unpaired) electrons. The standard InChI is InChI=1S/C20H28N2O4.C17H33N3O4.C3H8.C2H6/c1-13-10-17(22(3)12-13)18(26-4)14(2)19(23)21-16(20(24)25)11-15-8-6-5-7-9-15;1-7-8-13(14(24-6)9-10-21)20(5)15(22)11-19-17(23)16(18-4)12(2)3;1-3-2;1-2/h5-9,14,16-18H,1,10-12H2,2-4H3,(H,21,23)(H,24,25);10,12-14,16,18H,7-9,11H2,1-6H3,(H,19,23);3H2,1-2H3;1-2H3. The number of carbonyl (C=O) groups is 5. The van der Waals surface area contributed by atoms with Crippen molar-refractivity contribution in [3.05, 3.63) is 48.0 Å². The van der Waals surface area contributed by atoms with Crippen LogP contribution in [0.1, 0.15) is 93.1 Å². The minimum absolute atomic E-state index is 0.0608. The molecule has 0 aliphatic carbocycles. The number of likely N-dealkylation sites (tertiary alicyclic amines) is 1. The van der Waals surface area contributed by atoms with E-state index in [2.05, 4.69) is 41.3 Å². The molecule has 1 aliphatic heterocycles. The van der Waals surface area contributed by atoms with Crippen LogP contribution in [0.5, 0.6) is 0 Å². The number of hydrogen-bond donors (Lipinski definition) is 4. The van der Waals surface area contributed by atoms with E-state index in [1.807, 2.05) is 72.0 Å². The average Bonchev–Trinajstić information content (AvgIpc) is 3.50. The Hall–Kier alpha value is -3.65. The van der Waals surface area contributed by atoms with Crippen LogP contribution in [0, 0.1) is 11.8 Å². The topological polar surface area (TPSA) is 167 Å². The number of nitrogens with zero attached hydrogens (tertiary/aromatic N) is 2. The number of nitrogens with one attached hydrogen (secondary N) is 3. The van der Waals surface area contributed by atoms with Crippen molar-refractivity contribution in [2.24, 2.45) is 11.8 Å². The summed E-state index contributed by atoms with van der Waals surface area (Å²) in [5.41, 5.74) is 1.97. The van der Waals surface area contributed by atoms with Crippen LogP contribution in [-0.4, -0.2) is 130 Å². The van der Waals surface area contributed by atoms with Gasteiger partial charge in [0.1, 0.15) is 12.3 Å². The van der Waals surface area contributed by atoms with Crippen LogP contribution < -0.4 is 16.0 Å². The second-order valence-corrected chi connectivity index (χ2v) is 14.0. The summed E-state index contributed by atoms with van der Waals surface area (Å²) in [4.78, 5) is 63.3. The second kappa shape index (κ2) is 30.6.